The van der Waals surface area contributed by atoms with Crippen molar-refractivity contribution in [2.24, 2.45) is 0 Å². The van der Waals surface area contributed by atoms with Gasteiger partial charge in [0.25, 0.3) is 11.1 Å². The highest BCUT2D eigenvalue weighted by Crippen LogP contribution is 2.24. The fourth-order valence-corrected chi connectivity index (χ4v) is 4.86. The molecule has 0 aliphatic rings. The zero-order chi connectivity index (χ0) is 17.4. The van der Waals surface area contributed by atoms with E-state index in [4.69, 9.17) is 0 Å². The van der Waals surface area contributed by atoms with Gasteiger partial charge in [-0.15, -0.1) is 29.3 Å². The van der Waals surface area contributed by atoms with Gasteiger partial charge in [0.05, 0.1) is 16.7 Å². The average molecular weight is 388 g/mol. The summed E-state index contributed by atoms with van der Waals surface area (Å²) < 4.78 is 2.21. The van der Waals surface area contributed by atoms with Crippen LogP contribution in [-0.4, -0.2) is 19.5 Å². The molecule has 0 saturated carbocycles. The third-order valence-corrected chi connectivity index (χ3v) is 6.26. The fourth-order valence-electron chi connectivity index (χ4n) is 2.45. The van der Waals surface area contributed by atoms with Crippen molar-refractivity contribution < 1.29 is 0 Å². The van der Waals surface area contributed by atoms with E-state index in [0.717, 1.165) is 0 Å². The molecule has 0 aromatic carbocycles. The van der Waals surface area contributed by atoms with Crippen molar-refractivity contribution in [2.75, 3.05) is 0 Å². The first-order valence-electron chi connectivity index (χ1n) is 7.35. The lowest BCUT2D eigenvalue weighted by Crippen LogP contribution is -2.22. The molecule has 0 unspecified atom stereocenters. The maximum Gasteiger partial charge on any atom is 0.268 e. The van der Waals surface area contributed by atoms with E-state index in [1.54, 1.807) is 16.7 Å². The molecule has 0 radical (unpaired) electrons. The van der Waals surface area contributed by atoms with Crippen LogP contribution >= 0.6 is 34.4 Å². The van der Waals surface area contributed by atoms with E-state index in [-0.39, 0.29) is 11.1 Å². The molecule has 9 heteroatoms. The SMILES string of the molecule is C=CCn1c(SCc2nc3ccsc3c(=O)[nH]2)nc2sccc2c1=O. The smallest absolute Gasteiger partial charge is 0.268 e. The summed E-state index contributed by atoms with van der Waals surface area (Å²) in [5.74, 6) is 0.980. The molecule has 6 nitrogen and oxygen atoms in total. The summed E-state index contributed by atoms with van der Waals surface area (Å²) in [5, 5.41) is 4.91. The Morgan fingerprint density at radius 3 is 2.92 bits per heavy atom. The van der Waals surface area contributed by atoms with E-state index < -0.39 is 0 Å². The maximum atomic E-state index is 12.6. The highest BCUT2D eigenvalue weighted by molar-refractivity contribution is 7.98. The molecule has 0 amide bonds. The number of aromatic amines is 1. The van der Waals surface area contributed by atoms with Crippen LogP contribution in [0, 0.1) is 0 Å². The van der Waals surface area contributed by atoms with E-state index in [0.29, 0.717) is 43.7 Å². The minimum absolute atomic E-state index is 0.0802. The Kier molecular flexibility index (Phi) is 4.28. The van der Waals surface area contributed by atoms with Gasteiger partial charge in [0.2, 0.25) is 0 Å². The zero-order valence-corrected chi connectivity index (χ0v) is 15.3. The number of rotatable bonds is 5. The molecule has 0 atom stereocenters. The first-order valence-corrected chi connectivity index (χ1v) is 10.1. The predicted molar refractivity (Wildman–Crippen MR) is 104 cm³/mol. The highest BCUT2D eigenvalue weighted by atomic mass is 32.2. The molecule has 126 valence electrons. The van der Waals surface area contributed by atoms with Gasteiger partial charge in [0, 0.05) is 6.54 Å². The average Bonchev–Trinajstić information content (AvgIpc) is 3.25. The van der Waals surface area contributed by atoms with E-state index in [2.05, 4.69) is 21.5 Å². The van der Waals surface area contributed by atoms with E-state index in [9.17, 15) is 9.59 Å². The molecule has 4 heterocycles. The lowest BCUT2D eigenvalue weighted by atomic mass is 10.4. The molecule has 1 N–H and O–H groups in total. The van der Waals surface area contributed by atoms with Crippen molar-refractivity contribution in [1.29, 1.82) is 0 Å². The van der Waals surface area contributed by atoms with E-state index in [1.807, 2.05) is 16.8 Å². The monoisotopic (exact) mass is 388 g/mol. The summed E-state index contributed by atoms with van der Waals surface area (Å²) in [4.78, 5) is 37.2. The lowest BCUT2D eigenvalue weighted by Gasteiger charge is -2.09. The van der Waals surface area contributed by atoms with Gasteiger partial charge in [-0.25, -0.2) is 9.97 Å². The second-order valence-electron chi connectivity index (χ2n) is 5.17. The number of allylic oxidation sites excluding steroid dienone is 1. The number of hydrogen-bond acceptors (Lipinski definition) is 7. The third kappa shape index (κ3) is 2.94. The first kappa shape index (κ1) is 16.2. The number of hydrogen-bond donors (Lipinski definition) is 1. The van der Waals surface area contributed by atoms with Gasteiger partial charge in [-0.05, 0) is 22.9 Å². The topological polar surface area (TPSA) is 80.6 Å². The van der Waals surface area contributed by atoms with Crippen LogP contribution in [0.2, 0.25) is 0 Å². The molecule has 25 heavy (non-hydrogen) atoms. The molecular weight excluding hydrogens is 376 g/mol. The van der Waals surface area contributed by atoms with Crippen LogP contribution in [0.1, 0.15) is 5.82 Å². The van der Waals surface area contributed by atoms with Crippen molar-refractivity contribution in [1.82, 2.24) is 19.5 Å². The van der Waals surface area contributed by atoms with E-state index >= 15 is 0 Å². The molecule has 0 spiro atoms. The standard InChI is InChI=1S/C16H12N4O2S3/c1-2-5-20-15(22)9-3-6-24-14(9)19-16(20)25-8-11-17-10-4-7-23-12(10)13(21)18-11/h2-4,6-7H,1,5,8H2,(H,17,18,21). The third-order valence-electron chi connectivity index (χ3n) is 3.56. The van der Waals surface area contributed by atoms with Crippen molar-refractivity contribution in [3.63, 3.8) is 0 Å². The Morgan fingerprint density at radius 2 is 2.08 bits per heavy atom. The van der Waals surface area contributed by atoms with Gasteiger partial charge in [-0.1, -0.05) is 17.8 Å². The van der Waals surface area contributed by atoms with Crippen molar-refractivity contribution >= 4 is 54.9 Å². The summed E-state index contributed by atoms with van der Waals surface area (Å²) >= 11 is 4.18. The molecule has 0 fully saturated rings. The van der Waals surface area contributed by atoms with Crippen LogP contribution in [-0.2, 0) is 12.3 Å². The molecular formula is C16H12N4O2S3. The Hall–Kier alpha value is -2.23. The predicted octanol–water partition coefficient (Wildman–Crippen LogP) is 3.23. The Labute approximate surface area is 153 Å². The minimum atomic E-state index is -0.138. The number of nitrogens with zero attached hydrogens (tertiary/aromatic N) is 3. The number of thiophene rings is 2. The van der Waals surface area contributed by atoms with Crippen molar-refractivity contribution in [3.8, 4) is 0 Å². The Bertz CT molecular complexity index is 1200. The number of H-pyrrole nitrogens is 1. The normalized spacial score (nSPS) is 11.4. The van der Waals surface area contributed by atoms with Crippen molar-refractivity contribution in [3.05, 3.63) is 62.1 Å². The Morgan fingerprint density at radius 1 is 1.24 bits per heavy atom. The summed E-state index contributed by atoms with van der Waals surface area (Å²) in [5.41, 5.74) is 0.471. The number of fused-ring (bicyclic) bond motifs is 2. The first-order chi connectivity index (χ1) is 12.2. The largest absolute Gasteiger partial charge is 0.309 e. The Balaban J connectivity index is 1.71. The second-order valence-corrected chi connectivity index (χ2v) is 7.93. The number of aromatic nitrogens is 4. The highest BCUT2D eigenvalue weighted by Gasteiger charge is 2.13. The molecule has 0 aliphatic heterocycles. The number of nitrogens with one attached hydrogen (secondary N) is 1. The van der Waals surface area contributed by atoms with Crippen LogP contribution in [0.25, 0.3) is 20.4 Å². The van der Waals surface area contributed by atoms with Crippen LogP contribution in [0.4, 0.5) is 0 Å². The molecule has 0 aliphatic carbocycles. The van der Waals surface area contributed by atoms with Gasteiger partial charge >= 0.3 is 0 Å². The molecule has 4 aromatic rings. The summed E-state index contributed by atoms with van der Waals surface area (Å²) in [6.07, 6.45) is 1.67. The van der Waals surface area contributed by atoms with Crippen LogP contribution < -0.4 is 11.1 Å². The quantitative estimate of drug-likeness (QED) is 0.322. The van der Waals surface area contributed by atoms with E-state index in [1.165, 1.54) is 34.4 Å². The second kappa shape index (κ2) is 6.58. The van der Waals surface area contributed by atoms with Gasteiger partial charge < -0.3 is 4.98 Å². The number of thioether (sulfide) groups is 1. The molecule has 4 aromatic heterocycles. The summed E-state index contributed by atoms with van der Waals surface area (Å²) in [7, 11) is 0. The van der Waals surface area contributed by atoms with Crippen LogP contribution in [0.3, 0.4) is 0 Å². The van der Waals surface area contributed by atoms with Gasteiger partial charge in [-0.2, -0.15) is 0 Å². The summed E-state index contributed by atoms with van der Waals surface area (Å²) in [6, 6.07) is 3.61. The maximum absolute atomic E-state index is 12.6. The minimum Gasteiger partial charge on any atom is -0.309 e. The molecule has 0 bridgehead atoms. The molecule has 4 rings (SSSR count). The van der Waals surface area contributed by atoms with Crippen LogP contribution in [0.15, 0.2) is 50.3 Å². The van der Waals surface area contributed by atoms with Gasteiger partial charge in [0.1, 0.15) is 15.4 Å². The van der Waals surface area contributed by atoms with Gasteiger partial charge in [-0.3, -0.25) is 14.2 Å². The lowest BCUT2D eigenvalue weighted by molar-refractivity contribution is 0.672. The summed E-state index contributed by atoms with van der Waals surface area (Å²) in [6.45, 7) is 4.09. The fraction of sp³-hybridized carbons (Fsp3) is 0.125. The zero-order valence-electron chi connectivity index (χ0n) is 12.9. The van der Waals surface area contributed by atoms with Crippen LogP contribution in [0.5, 0.6) is 0 Å². The van der Waals surface area contributed by atoms with Gasteiger partial charge in [0.15, 0.2) is 5.16 Å². The molecule has 0 saturated heterocycles. The van der Waals surface area contributed by atoms with Crippen molar-refractivity contribution in [2.45, 2.75) is 17.5 Å².